The average molecular weight is 435 g/mol. The van der Waals surface area contributed by atoms with E-state index in [-0.39, 0.29) is 18.5 Å². The highest BCUT2D eigenvalue weighted by Crippen LogP contribution is 2.45. The van der Waals surface area contributed by atoms with Gasteiger partial charge in [0.1, 0.15) is 6.61 Å². The standard InChI is InChI=1S/C25H26N2O3S/c1-17-10-11-22(18(2)14-17)27(19(3)28)24-26-21(16-31-24)15-30-23(29)25(12-7-13-25)20-8-5-4-6-9-20/h4-6,8-11,14,16H,7,12-13,15H2,1-3H3. The fourth-order valence-electron chi connectivity index (χ4n) is 4.10. The molecule has 160 valence electrons. The molecule has 0 atom stereocenters. The highest BCUT2D eigenvalue weighted by Gasteiger charge is 2.47. The van der Waals surface area contributed by atoms with E-state index in [1.54, 1.807) is 4.90 Å². The molecule has 0 aliphatic heterocycles. The predicted molar refractivity (Wildman–Crippen MR) is 123 cm³/mol. The summed E-state index contributed by atoms with van der Waals surface area (Å²) in [6.07, 6.45) is 2.64. The number of carbonyl (C=O) groups is 2. The van der Waals surface area contributed by atoms with Gasteiger partial charge in [0.2, 0.25) is 5.91 Å². The Kier molecular flexibility index (Phi) is 5.92. The van der Waals surface area contributed by atoms with Gasteiger partial charge in [0.15, 0.2) is 5.13 Å². The van der Waals surface area contributed by atoms with Gasteiger partial charge < -0.3 is 4.74 Å². The Bertz CT molecular complexity index is 1100. The second kappa shape index (κ2) is 8.63. The van der Waals surface area contributed by atoms with Crippen LogP contribution in [0.3, 0.4) is 0 Å². The quantitative estimate of drug-likeness (QED) is 0.473. The molecular weight excluding hydrogens is 408 g/mol. The summed E-state index contributed by atoms with van der Waals surface area (Å²) in [6, 6.07) is 15.8. The van der Waals surface area contributed by atoms with Crippen molar-refractivity contribution in [3.05, 3.63) is 76.3 Å². The monoisotopic (exact) mass is 434 g/mol. The fraction of sp³-hybridized carbons (Fsp3) is 0.320. The number of aryl methyl sites for hydroxylation is 2. The topological polar surface area (TPSA) is 59.5 Å². The molecule has 1 aliphatic carbocycles. The molecule has 2 aromatic carbocycles. The summed E-state index contributed by atoms with van der Waals surface area (Å²) in [5.74, 6) is -0.306. The van der Waals surface area contributed by atoms with E-state index in [9.17, 15) is 9.59 Å². The van der Waals surface area contributed by atoms with E-state index in [4.69, 9.17) is 4.74 Å². The molecule has 1 aromatic heterocycles. The molecule has 0 N–H and O–H groups in total. The molecule has 4 rings (SSSR count). The van der Waals surface area contributed by atoms with E-state index < -0.39 is 5.41 Å². The van der Waals surface area contributed by atoms with Gasteiger partial charge in [0.05, 0.1) is 16.8 Å². The maximum absolute atomic E-state index is 13.0. The van der Waals surface area contributed by atoms with Crippen molar-refractivity contribution < 1.29 is 14.3 Å². The van der Waals surface area contributed by atoms with Crippen molar-refractivity contribution in [1.82, 2.24) is 4.98 Å². The number of ether oxygens (including phenoxy) is 1. The number of hydrogen-bond donors (Lipinski definition) is 0. The molecule has 1 aliphatic rings. The summed E-state index contributed by atoms with van der Waals surface area (Å²) >= 11 is 1.37. The first-order valence-electron chi connectivity index (χ1n) is 10.5. The zero-order chi connectivity index (χ0) is 22.0. The SMILES string of the molecule is CC(=O)N(c1nc(COC(=O)C2(c3ccccc3)CCC2)cs1)c1ccc(C)cc1C. The van der Waals surface area contributed by atoms with Crippen LogP contribution >= 0.6 is 11.3 Å². The molecule has 0 bridgehead atoms. The van der Waals surface area contributed by atoms with Crippen molar-refractivity contribution >= 4 is 34.0 Å². The molecule has 0 spiro atoms. The highest BCUT2D eigenvalue weighted by atomic mass is 32.1. The summed E-state index contributed by atoms with van der Waals surface area (Å²) in [5, 5.41) is 2.42. The number of carbonyl (C=O) groups excluding carboxylic acids is 2. The van der Waals surface area contributed by atoms with Crippen molar-refractivity contribution in [2.75, 3.05) is 4.90 Å². The van der Waals surface area contributed by atoms with E-state index in [0.29, 0.717) is 10.8 Å². The first kappa shape index (κ1) is 21.2. The second-order valence-corrected chi connectivity index (χ2v) is 8.98. The van der Waals surface area contributed by atoms with Gasteiger partial charge in [-0.1, -0.05) is 54.4 Å². The fourth-order valence-corrected chi connectivity index (χ4v) is 4.97. The lowest BCUT2D eigenvalue weighted by molar-refractivity contribution is -0.156. The Morgan fingerprint density at radius 2 is 1.87 bits per heavy atom. The first-order valence-corrected chi connectivity index (χ1v) is 11.3. The largest absolute Gasteiger partial charge is 0.458 e. The molecule has 0 radical (unpaired) electrons. The molecule has 1 amide bonds. The van der Waals surface area contributed by atoms with Gasteiger partial charge in [-0.05, 0) is 43.9 Å². The van der Waals surface area contributed by atoms with E-state index in [0.717, 1.165) is 41.6 Å². The molecule has 3 aromatic rings. The van der Waals surface area contributed by atoms with Crippen molar-refractivity contribution in [2.45, 2.75) is 52.1 Å². The third-order valence-corrected chi connectivity index (χ3v) is 6.79. The minimum atomic E-state index is -0.537. The molecule has 6 heteroatoms. The third-order valence-electron chi connectivity index (χ3n) is 5.91. The minimum Gasteiger partial charge on any atom is -0.458 e. The molecular formula is C25H26N2O3S. The zero-order valence-electron chi connectivity index (χ0n) is 18.1. The molecule has 1 saturated carbocycles. The van der Waals surface area contributed by atoms with Crippen molar-refractivity contribution in [3.63, 3.8) is 0 Å². The molecule has 31 heavy (non-hydrogen) atoms. The van der Waals surface area contributed by atoms with Crippen molar-refractivity contribution in [2.24, 2.45) is 0 Å². The Morgan fingerprint density at radius 3 is 2.48 bits per heavy atom. The summed E-state index contributed by atoms with van der Waals surface area (Å²) < 4.78 is 5.69. The zero-order valence-corrected chi connectivity index (χ0v) is 18.9. The Labute approximate surface area is 186 Å². The van der Waals surface area contributed by atoms with Crippen LogP contribution in [0.4, 0.5) is 10.8 Å². The number of benzene rings is 2. The van der Waals surface area contributed by atoms with Crippen molar-refractivity contribution in [3.8, 4) is 0 Å². The summed E-state index contributed by atoms with van der Waals surface area (Å²) in [6.45, 7) is 5.63. The minimum absolute atomic E-state index is 0.0997. The number of thiazole rings is 1. The molecule has 0 saturated heterocycles. The van der Waals surface area contributed by atoms with Gasteiger partial charge in [-0.2, -0.15) is 0 Å². The maximum Gasteiger partial charge on any atom is 0.316 e. The van der Waals surface area contributed by atoms with Crippen LogP contribution in [0.2, 0.25) is 0 Å². The van der Waals surface area contributed by atoms with Crippen LogP contribution in [0.25, 0.3) is 0 Å². The average Bonchev–Trinajstić information content (AvgIpc) is 3.16. The van der Waals surface area contributed by atoms with Gasteiger partial charge >= 0.3 is 5.97 Å². The number of rotatable bonds is 6. The Morgan fingerprint density at radius 1 is 1.13 bits per heavy atom. The number of aromatic nitrogens is 1. The number of nitrogens with zero attached hydrogens (tertiary/aromatic N) is 2. The normalized spacial score (nSPS) is 14.5. The highest BCUT2D eigenvalue weighted by molar-refractivity contribution is 7.14. The van der Waals surface area contributed by atoms with E-state index in [1.807, 2.05) is 67.8 Å². The number of hydrogen-bond acceptors (Lipinski definition) is 5. The molecule has 1 heterocycles. The summed E-state index contributed by atoms with van der Waals surface area (Å²) in [5.41, 5.74) is 4.08. The molecule has 5 nitrogen and oxygen atoms in total. The summed E-state index contributed by atoms with van der Waals surface area (Å²) in [7, 11) is 0. The van der Waals surface area contributed by atoms with Crippen LogP contribution in [-0.4, -0.2) is 16.9 Å². The molecule has 1 fully saturated rings. The third kappa shape index (κ3) is 4.12. The van der Waals surface area contributed by atoms with Crippen molar-refractivity contribution in [1.29, 1.82) is 0 Å². The first-order chi connectivity index (χ1) is 14.9. The van der Waals surface area contributed by atoms with E-state index in [1.165, 1.54) is 18.3 Å². The predicted octanol–water partition coefficient (Wildman–Crippen LogP) is 5.61. The van der Waals surface area contributed by atoms with Crippen LogP contribution in [0.5, 0.6) is 0 Å². The Balaban J connectivity index is 1.50. The van der Waals surface area contributed by atoms with Gasteiger partial charge in [0.25, 0.3) is 0 Å². The Hall–Kier alpha value is -2.99. The van der Waals surface area contributed by atoms with Crippen LogP contribution in [0.15, 0.2) is 53.9 Å². The summed E-state index contributed by atoms with van der Waals surface area (Å²) in [4.78, 5) is 31.6. The lowest BCUT2D eigenvalue weighted by Crippen LogP contribution is -2.43. The van der Waals surface area contributed by atoms with E-state index in [2.05, 4.69) is 4.98 Å². The van der Waals surface area contributed by atoms with Gasteiger partial charge in [-0.15, -0.1) is 11.3 Å². The van der Waals surface area contributed by atoms with Crippen LogP contribution in [0.1, 0.15) is 48.6 Å². The van der Waals surface area contributed by atoms with Crippen LogP contribution in [0, 0.1) is 13.8 Å². The number of esters is 1. The van der Waals surface area contributed by atoms with Gasteiger partial charge in [-0.3, -0.25) is 14.5 Å². The van der Waals surface area contributed by atoms with Crippen LogP contribution < -0.4 is 4.90 Å². The smallest absolute Gasteiger partial charge is 0.316 e. The van der Waals surface area contributed by atoms with E-state index >= 15 is 0 Å². The number of amides is 1. The maximum atomic E-state index is 13.0. The van der Waals surface area contributed by atoms with Gasteiger partial charge in [-0.25, -0.2) is 4.98 Å². The van der Waals surface area contributed by atoms with Gasteiger partial charge in [0, 0.05) is 12.3 Å². The molecule has 0 unspecified atom stereocenters. The lowest BCUT2D eigenvalue weighted by atomic mass is 9.64. The second-order valence-electron chi connectivity index (χ2n) is 8.14. The lowest BCUT2D eigenvalue weighted by Gasteiger charge is -2.39. The number of anilines is 2. The van der Waals surface area contributed by atoms with Crippen LogP contribution in [-0.2, 0) is 26.3 Å².